The summed E-state index contributed by atoms with van der Waals surface area (Å²) >= 11 is 0. The first-order chi connectivity index (χ1) is 11.6. The highest BCUT2D eigenvalue weighted by molar-refractivity contribution is 5.97. The summed E-state index contributed by atoms with van der Waals surface area (Å²) in [5.41, 5.74) is 1.49. The molecular weight excluding hydrogens is 306 g/mol. The van der Waals surface area contributed by atoms with E-state index in [1.807, 2.05) is 30.3 Å². The van der Waals surface area contributed by atoms with Gasteiger partial charge in [-0.1, -0.05) is 36.4 Å². The second kappa shape index (κ2) is 7.17. The lowest BCUT2D eigenvalue weighted by atomic mass is 10.1. The van der Waals surface area contributed by atoms with E-state index in [0.717, 1.165) is 5.56 Å². The van der Waals surface area contributed by atoms with Crippen LogP contribution in [0.3, 0.4) is 0 Å². The molecule has 0 unspecified atom stereocenters. The molecule has 0 spiro atoms. The fourth-order valence-corrected chi connectivity index (χ4v) is 2.89. The zero-order valence-electron chi connectivity index (χ0n) is 13.2. The van der Waals surface area contributed by atoms with Crippen molar-refractivity contribution in [2.24, 2.45) is 0 Å². The number of rotatable bonds is 5. The molecule has 124 valence electrons. The van der Waals surface area contributed by atoms with Crippen LogP contribution in [0.2, 0.25) is 0 Å². The van der Waals surface area contributed by atoms with E-state index in [9.17, 15) is 14.7 Å². The average molecular weight is 325 g/mol. The maximum Gasteiger partial charge on any atom is 0.326 e. The summed E-state index contributed by atoms with van der Waals surface area (Å²) in [5, 5.41) is 9.23. The van der Waals surface area contributed by atoms with Crippen molar-refractivity contribution in [1.82, 2.24) is 4.90 Å². The molecular formula is C19H19NO4. The van der Waals surface area contributed by atoms with Crippen molar-refractivity contribution in [3.8, 4) is 5.75 Å². The van der Waals surface area contributed by atoms with E-state index in [-0.39, 0.29) is 5.91 Å². The van der Waals surface area contributed by atoms with Crippen LogP contribution in [0, 0.1) is 0 Å². The van der Waals surface area contributed by atoms with Gasteiger partial charge in [-0.3, -0.25) is 4.79 Å². The van der Waals surface area contributed by atoms with Gasteiger partial charge in [-0.2, -0.15) is 0 Å². The molecule has 0 aliphatic carbocycles. The average Bonchev–Trinajstić information content (AvgIpc) is 3.10. The second-order valence-corrected chi connectivity index (χ2v) is 5.80. The Morgan fingerprint density at radius 2 is 1.92 bits per heavy atom. The van der Waals surface area contributed by atoms with E-state index in [2.05, 4.69) is 0 Å². The van der Waals surface area contributed by atoms with Gasteiger partial charge in [0.05, 0.1) is 0 Å². The number of carbonyl (C=O) groups is 2. The van der Waals surface area contributed by atoms with Crippen LogP contribution in [0.1, 0.15) is 28.8 Å². The van der Waals surface area contributed by atoms with Gasteiger partial charge in [0.15, 0.2) is 0 Å². The largest absolute Gasteiger partial charge is 0.489 e. The fraction of sp³-hybridized carbons (Fsp3) is 0.263. The lowest BCUT2D eigenvalue weighted by Gasteiger charge is -2.21. The second-order valence-electron chi connectivity index (χ2n) is 5.80. The Morgan fingerprint density at radius 1 is 1.12 bits per heavy atom. The summed E-state index contributed by atoms with van der Waals surface area (Å²) in [4.78, 5) is 25.3. The van der Waals surface area contributed by atoms with Gasteiger partial charge in [-0.05, 0) is 36.6 Å². The molecule has 1 saturated heterocycles. The van der Waals surface area contributed by atoms with Crippen molar-refractivity contribution in [1.29, 1.82) is 0 Å². The first-order valence-corrected chi connectivity index (χ1v) is 7.96. The topological polar surface area (TPSA) is 66.8 Å². The standard InChI is InChI=1S/C19H19NO4/c21-18(20-11-5-10-17(20)19(22)23)15-8-4-9-16(12-15)24-13-14-6-2-1-3-7-14/h1-4,6-9,12,17H,5,10-11,13H2,(H,22,23)/t17-/m1/s1. The van der Waals surface area contributed by atoms with Crippen LogP contribution in [0.25, 0.3) is 0 Å². The minimum atomic E-state index is -0.947. The smallest absolute Gasteiger partial charge is 0.326 e. The van der Waals surface area contributed by atoms with Gasteiger partial charge in [-0.25, -0.2) is 4.79 Å². The Hall–Kier alpha value is -2.82. The highest BCUT2D eigenvalue weighted by Crippen LogP contribution is 2.22. The third kappa shape index (κ3) is 3.56. The molecule has 1 aliphatic rings. The molecule has 1 fully saturated rings. The maximum atomic E-state index is 12.6. The third-order valence-electron chi connectivity index (χ3n) is 4.13. The quantitative estimate of drug-likeness (QED) is 0.918. The molecule has 2 aromatic carbocycles. The lowest BCUT2D eigenvalue weighted by molar-refractivity contribution is -0.141. The third-order valence-corrected chi connectivity index (χ3v) is 4.13. The van der Waals surface area contributed by atoms with Gasteiger partial charge in [-0.15, -0.1) is 0 Å². The summed E-state index contributed by atoms with van der Waals surface area (Å²) in [6.45, 7) is 0.894. The molecule has 1 aliphatic heterocycles. The monoisotopic (exact) mass is 325 g/mol. The van der Waals surface area contributed by atoms with Crippen molar-refractivity contribution in [2.75, 3.05) is 6.54 Å². The Kier molecular flexibility index (Phi) is 4.79. The molecule has 1 N–H and O–H groups in total. The minimum Gasteiger partial charge on any atom is -0.489 e. The van der Waals surface area contributed by atoms with Crippen LogP contribution >= 0.6 is 0 Å². The van der Waals surface area contributed by atoms with E-state index in [4.69, 9.17) is 4.74 Å². The number of nitrogens with zero attached hydrogens (tertiary/aromatic N) is 1. The van der Waals surface area contributed by atoms with Gasteiger partial charge in [0.25, 0.3) is 5.91 Å². The molecule has 3 rings (SSSR count). The number of ether oxygens (including phenoxy) is 1. The van der Waals surface area contributed by atoms with Crippen molar-refractivity contribution >= 4 is 11.9 Å². The van der Waals surface area contributed by atoms with Crippen LogP contribution in [-0.2, 0) is 11.4 Å². The van der Waals surface area contributed by atoms with E-state index in [1.54, 1.807) is 24.3 Å². The van der Waals surface area contributed by atoms with E-state index < -0.39 is 12.0 Å². The molecule has 0 aromatic heterocycles. The molecule has 24 heavy (non-hydrogen) atoms. The first-order valence-electron chi connectivity index (χ1n) is 7.96. The zero-order chi connectivity index (χ0) is 16.9. The van der Waals surface area contributed by atoms with Crippen LogP contribution in [0.15, 0.2) is 54.6 Å². The van der Waals surface area contributed by atoms with Crippen molar-refractivity contribution in [3.63, 3.8) is 0 Å². The molecule has 2 aromatic rings. The first kappa shape index (κ1) is 16.1. The molecule has 5 heteroatoms. The van der Waals surface area contributed by atoms with E-state index >= 15 is 0 Å². The summed E-state index contributed by atoms with van der Waals surface area (Å²) < 4.78 is 5.73. The summed E-state index contributed by atoms with van der Waals surface area (Å²) in [6.07, 6.45) is 1.22. The number of benzene rings is 2. The van der Waals surface area contributed by atoms with Crippen LogP contribution in [0.4, 0.5) is 0 Å². The Labute approximate surface area is 140 Å². The van der Waals surface area contributed by atoms with Gasteiger partial charge < -0.3 is 14.7 Å². The van der Waals surface area contributed by atoms with Crippen molar-refractivity contribution in [2.45, 2.75) is 25.5 Å². The molecule has 0 radical (unpaired) electrons. The molecule has 0 bridgehead atoms. The fourth-order valence-electron chi connectivity index (χ4n) is 2.89. The number of aliphatic carboxylic acids is 1. The zero-order valence-corrected chi connectivity index (χ0v) is 13.2. The van der Waals surface area contributed by atoms with Gasteiger partial charge >= 0.3 is 5.97 Å². The molecule has 1 heterocycles. The molecule has 5 nitrogen and oxygen atoms in total. The number of amides is 1. The number of hydrogen-bond acceptors (Lipinski definition) is 3. The number of carbonyl (C=O) groups excluding carboxylic acids is 1. The van der Waals surface area contributed by atoms with E-state index in [0.29, 0.717) is 37.3 Å². The normalized spacial score (nSPS) is 16.8. The minimum absolute atomic E-state index is 0.259. The van der Waals surface area contributed by atoms with Crippen molar-refractivity contribution in [3.05, 3.63) is 65.7 Å². The Morgan fingerprint density at radius 3 is 2.67 bits per heavy atom. The molecule has 1 atom stereocenters. The van der Waals surface area contributed by atoms with E-state index in [1.165, 1.54) is 4.90 Å². The number of carboxylic acids is 1. The molecule has 1 amide bonds. The predicted octanol–water partition coefficient (Wildman–Crippen LogP) is 2.95. The van der Waals surface area contributed by atoms with Gasteiger partial charge in [0.2, 0.25) is 0 Å². The van der Waals surface area contributed by atoms with Gasteiger partial charge in [0, 0.05) is 12.1 Å². The van der Waals surface area contributed by atoms with Gasteiger partial charge in [0.1, 0.15) is 18.4 Å². The summed E-state index contributed by atoms with van der Waals surface area (Å²) in [7, 11) is 0. The Bertz CT molecular complexity index is 729. The predicted molar refractivity (Wildman–Crippen MR) is 88.9 cm³/mol. The Balaban J connectivity index is 1.70. The maximum absolute atomic E-state index is 12.6. The highest BCUT2D eigenvalue weighted by Gasteiger charge is 2.34. The van der Waals surface area contributed by atoms with Crippen LogP contribution < -0.4 is 4.74 Å². The highest BCUT2D eigenvalue weighted by atomic mass is 16.5. The number of carboxylic acid groups (broad SMARTS) is 1. The molecule has 0 saturated carbocycles. The lowest BCUT2D eigenvalue weighted by Crippen LogP contribution is -2.40. The van der Waals surface area contributed by atoms with Crippen molar-refractivity contribution < 1.29 is 19.4 Å². The summed E-state index contributed by atoms with van der Waals surface area (Å²) in [5.74, 6) is -0.613. The summed E-state index contributed by atoms with van der Waals surface area (Å²) in [6, 6.07) is 15.9. The SMILES string of the molecule is O=C(O)[C@H]1CCCN1C(=O)c1cccc(OCc2ccccc2)c1. The van der Waals surface area contributed by atoms with Crippen LogP contribution in [-0.4, -0.2) is 34.5 Å². The number of likely N-dealkylation sites (tertiary alicyclic amines) is 1. The number of hydrogen-bond donors (Lipinski definition) is 1. The van der Waals surface area contributed by atoms with Crippen LogP contribution in [0.5, 0.6) is 5.75 Å².